The maximum Gasteiger partial charge on any atom is 0.156 e. The molecule has 0 aliphatic rings. The minimum absolute atomic E-state index is 0.687. The van der Waals surface area contributed by atoms with Gasteiger partial charge in [0.05, 0.1) is 7.11 Å². The van der Waals surface area contributed by atoms with E-state index in [1.54, 1.807) is 14.2 Å². The molecular weight excluding hydrogens is 228 g/mol. The van der Waals surface area contributed by atoms with Crippen LogP contribution >= 0.6 is 0 Å². The Bertz CT molecular complexity index is 569. The monoisotopic (exact) mass is 244 g/mol. The predicted octanol–water partition coefficient (Wildman–Crippen LogP) is 2.21. The Kier molecular flexibility index (Phi) is 3.41. The van der Waals surface area contributed by atoms with E-state index in [-0.39, 0.29) is 0 Å². The van der Waals surface area contributed by atoms with Crippen molar-refractivity contribution in [3.05, 3.63) is 29.6 Å². The lowest BCUT2D eigenvalue weighted by Crippen LogP contribution is -2.01. The maximum absolute atomic E-state index is 5.41. The molecule has 0 aliphatic heterocycles. The average Bonchev–Trinajstić information content (AvgIpc) is 2.41. The molecule has 18 heavy (non-hydrogen) atoms. The number of nitrogens with zero attached hydrogens (tertiary/aromatic N) is 3. The Balaban J connectivity index is 2.66. The number of benzene rings is 1. The number of nitrogens with one attached hydrogen (secondary N) is 1. The van der Waals surface area contributed by atoms with Crippen LogP contribution in [0.4, 0.5) is 5.82 Å². The minimum Gasteiger partial charge on any atom is -0.496 e. The first kappa shape index (κ1) is 12.3. The van der Waals surface area contributed by atoms with Gasteiger partial charge in [0.25, 0.3) is 0 Å². The molecule has 1 heterocycles. The number of aromatic nitrogens is 3. The quantitative estimate of drug-likeness (QED) is 0.897. The van der Waals surface area contributed by atoms with Crippen LogP contribution in [0.25, 0.3) is 11.3 Å². The van der Waals surface area contributed by atoms with Gasteiger partial charge in [-0.3, -0.25) is 0 Å². The van der Waals surface area contributed by atoms with Gasteiger partial charge in [-0.25, -0.2) is 4.98 Å². The molecule has 94 valence electrons. The van der Waals surface area contributed by atoms with Gasteiger partial charge in [0.2, 0.25) is 0 Å². The van der Waals surface area contributed by atoms with Crippen molar-refractivity contribution < 1.29 is 4.74 Å². The van der Waals surface area contributed by atoms with E-state index in [1.165, 1.54) is 17.5 Å². The summed E-state index contributed by atoms with van der Waals surface area (Å²) in [4.78, 5) is 4.16. The molecule has 0 spiro atoms. The summed E-state index contributed by atoms with van der Waals surface area (Å²) < 4.78 is 5.41. The number of hydrogen-bond acceptors (Lipinski definition) is 5. The molecule has 0 radical (unpaired) electrons. The molecule has 0 saturated carbocycles. The van der Waals surface area contributed by atoms with E-state index in [0.29, 0.717) is 11.5 Å². The summed E-state index contributed by atoms with van der Waals surface area (Å²) >= 11 is 0. The maximum atomic E-state index is 5.41. The van der Waals surface area contributed by atoms with Crippen LogP contribution in [0.1, 0.15) is 11.1 Å². The molecule has 1 N–H and O–H groups in total. The lowest BCUT2D eigenvalue weighted by molar-refractivity contribution is 0.416. The topological polar surface area (TPSA) is 59.9 Å². The Morgan fingerprint density at radius 1 is 1.17 bits per heavy atom. The van der Waals surface area contributed by atoms with Crippen LogP contribution in [-0.4, -0.2) is 29.3 Å². The van der Waals surface area contributed by atoms with E-state index in [4.69, 9.17) is 4.74 Å². The second-order valence-corrected chi connectivity index (χ2v) is 4.04. The van der Waals surface area contributed by atoms with Crippen molar-refractivity contribution in [1.29, 1.82) is 0 Å². The number of ether oxygens (including phenoxy) is 1. The number of hydrogen-bond donors (Lipinski definition) is 1. The largest absolute Gasteiger partial charge is 0.496 e. The Morgan fingerprint density at radius 2 is 1.89 bits per heavy atom. The molecule has 0 aliphatic carbocycles. The van der Waals surface area contributed by atoms with Crippen molar-refractivity contribution in [2.24, 2.45) is 0 Å². The number of rotatable bonds is 3. The highest BCUT2D eigenvalue weighted by atomic mass is 16.5. The van der Waals surface area contributed by atoms with Gasteiger partial charge in [-0.2, -0.15) is 0 Å². The van der Waals surface area contributed by atoms with Crippen molar-refractivity contribution in [3.63, 3.8) is 0 Å². The van der Waals surface area contributed by atoms with Crippen molar-refractivity contribution in [2.75, 3.05) is 19.5 Å². The Labute approximate surface area is 106 Å². The molecule has 5 heteroatoms. The summed E-state index contributed by atoms with van der Waals surface area (Å²) in [7, 11) is 3.46. The second-order valence-electron chi connectivity index (χ2n) is 4.04. The van der Waals surface area contributed by atoms with Crippen LogP contribution in [-0.2, 0) is 0 Å². The zero-order chi connectivity index (χ0) is 13.1. The molecule has 0 saturated heterocycles. The van der Waals surface area contributed by atoms with Gasteiger partial charge in [-0.15, -0.1) is 10.2 Å². The van der Waals surface area contributed by atoms with Gasteiger partial charge in [0.1, 0.15) is 17.8 Å². The third-order valence-corrected chi connectivity index (χ3v) is 2.93. The predicted molar refractivity (Wildman–Crippen MR) is 70.8 cm³/mol. The van der Waals surface area contributed by atoms with E-state index in [2.05, 4.69) is 34.3 Å². The first-order valence-electron chi connectivity index (χ1n) is 5.68. The van der Waals surface area contributed by atoms with Gasteiger partial charge < -0.3 is 10.1 Å². The third kappa shape index (κ3) is 2.11. The molecule has 2 aromatic rings. The SMILES string of the molecule is CNc1ncnnc1-c1cc(C)c(C)cc1OC. The van der Waals surface area contributed by atoms with E-state index < -0.39 is 0 Å². The Hall–Kier alpha value is -2.17. The molecule has 0 amide bonds. The molecule has 2 rings (SSSR count). The molecule has 0 fully saturated rings. The highest BCUT2D eigenvalue weighted by Gasteiger charge is 2.14. The molecule has 5 nitrogen and oxygen atoms in total. The fraction of sp³-hybridized carbons (Fsp3) is 0.308. The number of methoxy groups -OCH3 is 1. The number of aryl methyl sites for hydroxylation is 2. The van der Waals surface area contributed by atoms with Crippen molar-refractivity contribution in [2.45, 2.75) is 13.8 Å². The van der Waals surface area contributed by atoms with Crippen LogP contribution in [0, 0.1) is 13.8 Å². The summed E-state index contributed by atoms with van der Waals surface area (Å²) in [6.07, 6.45) is 1.42. The summed E-state index contributed by atoms with van der Waals surface area (Å²) in [5.41, 5.74) is 3.95. The standard InChI is InChI=1S/C13H16N4O/c1-8-5-10(11(18-4)6-9(8)2)12-13(14-3)15-7-16-17-12/h5-7H,1-4H3,(H,14,15,16). The van der Waals surface area contributed by atoms with Gasteiger partial charge in [0, 0.05) is 12.6 Å². The molecule has 0 atom stereocenters. The first-order chi connectivity index (χ1) is 8.67. The molecule has 1 aromatic heterocycles. The molecule has 0 bridgehead atoms. The highest BCUT2D eigenvalue weighted by Crippen LogP contribution is 2.33. The second kappa shape index (κ2) is 5.00. The minimum atomic E-state index is 0.687. The van der Waals surface area contributed by atoms with Crippen molar-refractivity contribution in [1.82, 2.24) is 15.2 Å². The summed E-state index contributed by atoms with van der Waals surface area (Å²) in [5.74, 6) is 1.46. The van der Waals surface area contributed by atoms with Gasteiger partial charge in [-0.05, 0) is 37.1 Å². The molecular formula is C13H16N4O. The van der Waals surface area contributed by atoms with Gasteiger partial charge in [0.15, 0.2) is 5.82 Å². The fourth-order valence-corrected chi connectivity index (χ4v) is 1.78. The van der Waals surface area contributed by atoms with Crippen LogP contribution in [0.3, 0.4) is 0 Å². The summed E-state index contributed by atoms with van der Waals surface area (Å²) in [6, 6.07) is 4.04. The van der Waals surface area contributed by atoms with Crippen molar-refractivity contribution in [3.8, 4) is 17.0 Å². The summed E-state index contributed by atoms with van der Waals surface area (Å²) in [6.45, 7) is 4.11. The van der Waals surface area contributed by atoms with E-state index in [9.17, 15) is 0 Å². The lowest BCUT2D eigenvalue weighted by Gasteiger charge is -2.12. The zero-order valence-corrected chi connectivity index (χ0v) is 11.0. The van der Waals surface area contributed by atoms with Gasteiger partial charge in [-0.1, -0.05) is 0 Å². The normalized spacial score (nSPS) is 10.2. The van der Waals surface area contributed by atoms with Crippen molar-refractivity contribution >= 4 is 5.82 Å². The van der Waals surface area contributed by atoms with E-state index >= 15 is 0 Å². The Morgan fingerprint density at radius 3 is 2.56 bits per heavy atom. The summed E-state index contributed by atoms with van der Waals surface area (Å²) in [5, 5.41) is 11.0. The smallest absolute Gasteiger partial charge is 0.156 e. The lowest BCUT2D eigenvalue weighted by atomic mass is 10.0. The van der Waals surface area contributed by atoms with Crippen LogP contribution in [0.5, 0.6) is 5.75 Å². The molecule has 0 unspecified atom stereocenters. The van der Waals surface area contributed by atoms with Gasteiger partial charge >= 0.3 is 0 Å². The zero-order valence-electron chi connectivity index (χ0n) is 11.0. The van der Waals surface area contributed by atoms with Crippen LogP contribution < -0.4 is 10.1 Å². The fourth-order valence-electron chi connectivity index (χ4n) is 1.78. The first-order valence-corrected chi connectivity index (χ1v) is 5.68. The third-order valence-electron chi connectivity index (χ3n) is 2.93. The van der Waals surface area contributed by atoms with Crippen LogP contribution in [0.2, 0.25) is 0 Å². The average molecular weight is 244 g/mol. The van der Waals surface area contributed by atoms with Crippen LogP contribution in [0.15, 0.2) is 18.5 Å². The highest BCUT2D eigenvalue weighted by molar-refractivity contribution is 5.76. The van der Waals surface area contributed by atoms with E-state index in [0.717, 1.165) is 11.3 Å². The number of anilines is 1. The van der Waals surface area contributed by atoms with E-state index in [1.807, 2.05) is 12.1 Å². The molecule has 1 aromatic carbocycles.